The SMILES string of the molecule is COc1ccc(C(=O)CCCCNC(C)=O)cc1OC. The summed E-state index contributed by atoms with van der Waals surface area (Å²) in [6.45, 7) is 2.09. The van der Waals surface area contributed by atoms with Crippen LogP contribution in [0.3, 0.4) is 0 Å². The Kier molecular flexibility index (Phi) is 6.56. The quantitative estimate of drug-likeness (QED) is 0.585. The zero-order valence-corrected chi connectivity index (χ0v) is 12.2. The number of hydrogen-bond acceptors (Lipinski definition) is 4. The van der Waals surface area contributed by atoms with Gasteiger partial charge in [0.2, 0.25) is 5.91 Å². The number of hydrogen-bond donors (Lipinski definition) is 1. The van der Waals surface area contributed by atoms with Crippen LogP contribution < -0.4 is 14.8 Å². The van der Waals surface area contributed by atoms with Gasteiger partial charge in [-0.15, -0.1) is 0 Å². The van der Waals surface area contributed by atoms with Crippen LogP contribution in [0.4, 0.5) is 0 Å². The summed E-state index contributed by atoms with van der Waals surface area (Å²) in [4.78, 5) is 22.7. The molecule has 0 saturated carbocycles. The number of ether oxygens (including phenoxy) is 2. The van der Waals surface area contributed by atoms with Gasteiger partial charge in [-0.05, 0) is 31.0 Å². The lowest BCUT2D eigenvalue weighted by Gasteiger charge is -2.09. The van der Waals surface area contributed by atoms with Gasteiger partial charge in [0.25, 0.3) is 0 Å². The van der Waals surface area contributed by atoms with Crippen LogP contribution in [0.1, 0.15) is 36.5 Å². The Morgan fingerprint density at radius 2 is 1.80 bits per heavy atom. The summed E-state index contributed by atoms with van der Waals surface area (Å²) in [5.74, 6) is 1.18. The number of unbranched alkanes of at least 4 members (excludes halogenated alkanes) is 1. The molecule has 1 rings (SSSR count). The summed E-state index contributed by atoms with van der Waals surface area (Å²) in [7, 11) is 3.10. The van der Waals surface area contributed by atoms with E-state index < -0.39 is 0 Å². The normalized spacial score (nSPS) is 9.95. The molecule has 0 radical (unpaired) electrons. The van der Waals surface area contributed by atoms with E-state index in [2.05, 4.69) is 5.32 Å². The molecule has 0 aliphatic rings. The standard InChI is InChI=1S/C15H21NO4/c1-11(17)16-9-5-4-6-13(18)12-7-8-14(19-2)15(10-12)20-3/h7-8,10H,4-6,9H2,1-3H3,(H,16,17). The Balaban J connectivity index is 2.49. The van der Waals surface area contributed by atoms with E-state index in [1.54, 1.807) is 32.4 Å². The third-order valence-corrected chi connectivity index (χ3v) is 2.91. The molecule has 1 amide bonds. The van der Waals surface area contributed by atoms with Crippen molar-refractivity contribution in [3.63, 3.8) is 0 Å². The molecule has 20 heavy (non-hydrogen) atoms. The summed E-state index contributed by atoms with van der Waals surface area (Å²) in [5.41, 5.74) is 0.613. The highest BCUT2D eigenvalue weighted by molar-refractivity contribution is 5.96. The van der Waals surface area contributed by atoms with E-state index in [1.807, 2.05) is 0 Å². The van der Waals surface area contributed by atoms with Gasteiger partial charge in [-0.2, -0.15) is 0 Å². The van der Waals surface area contributed by atoms with E-state index in [1.165, 1.54) is 6.92 Å². The minimum Gasteiger partial charge on any atom is -0.493 e. The molecule has 0 heterocycles. The van der Waals surface area contributed by atoms with Gasteiger partial charge in [-0.1, -0.05) is 0 Å². The Labute approximate surface area is 119 Å². The summed E-state index contributed by atoms with van der Waals surface area (Å²) < 4.78 is 10.3. The van der Waals surface area contributed by atoms with Crippen molar-refractivity contribution in [2.24, 2.45) is 0 Å². The third kappa shape index (κ3) is 4.91. The van der Waals surface area contributed by atoms with Crippen LogP contribution in [-0.2, 0) is 4.79 Å². The van der Waals surface area contributed by atoms with Gasteiger partial charge < -0.3 is 14.8 Å². The molecular formula is C15H21NO4. The van der Waals surface area contributed by atoms with Gasteiger partial charge in [-0.3, -0.25) is 9.59 Å². The van der Waals surface area contributed by atoms with Crippen LogP contribution in [0.25, 0.3) is 0 Å². The predicted molar refractivity (Wildman–Crippen MR) is 76.4 cm³/mol. The van der Waals surface area contributed by atoms with Crippen molar-refractivity contribution in [1.29, 1.82) is 0 Å². The van der Waals surface area contributed by atoms with Crippen LogP contribution >= 0.6 is 0 Å². The zero-order chi connectivity index (χ0) is 15.0. The lowest BCUT2D eigenvalue weighted by Crippen LogP contribution is -2.20. The summed E-state index contributed by atoms with van der Waals surface area (Å²) in [6, 6.07) is 5.15. The Morgan fingerprint density at radius 3 is 2.40 bits per heavy atom. The van der Waals surface area contributed by atoms with Gasteiger partial charge in [0, 0.05) is 25.5 Å². The molecule has 5 heteroatoms. The first-order chi connectivity index (χ1) is 9.58. The number of Topliss-reactive ketones (excluding diaryl/α,β-unsaturated/α-hetero) is 1. The number of amides is 1. The zero-order valence-electron chi connectivity index (χ0n) is 12.2. The molecule has 0 fully saturated rings. The van der Waals surface area contributed by atoms with Gasteiger partial charge in [0.1, 0.15) is 0 Å². The lowest BCUT2D eigenvalue weighted by atomic mass is 10.0. The number of benzene rings is 1. The Morgan fingerprint density at radius 1 is 1.10 bits per heavy atom. The summed E-state index contributed by atoms with van der Waals surface area (Å²) in [5, 5.41) is 2.71. The van der Waals surface area contributed by atoms with Gasteiger partial charge in [0.05, 0.1) is 14.2 Å². The molecule has 1 aromatic rings. The van der Waals surface area contributed by atoms with E-state index in [-0.39, 0.29) is 11.7 Å². The summed E-state index contributed by atoms with van der Waals surface area (Å²) in [6.07, 6.45) is 1.99. The van der Waals surface area contributed by atoms with Crippen LogP contribution in [0.5, 0.6) is 11.5 Å². The highest BCUT2D eigenvalue weighted by Gasteiger charge is 2.10. The Bertz CT molecular complexity index is 471. The fraction of sp³-hybridized carbons (Fsp3) is 0.467. The van der Waals surface area contributed by atoms with Crippen LogP contribution in [-0.4, -0.2) is 32.5 Å². The predicted octanol–water partition coefficient (Wildman–Crippen LogP) is 2.19. The maximum atomic E-state index is 12.0. The van der Waals surface area contributed by atoms with Crippen molar-refractivity contribution < 1.29 is 19.1 Å². The molecule has 1 N–H and O–H groups in total. The average Bonchev–Trinajstić information content (AvgIpc) is 2.45. The number of ketones is 1. The van der Waals surface area contributed by atoms with E-state index in [0.717, 1.165) is 12.8 Å². The second-order valence-corrected chi connectivity index (χ2v) is 4.43. The monoisotopic (exact) mass is 279 g/mol. The van der Waals surface area contributed by atoms with Crippen molar-refractivity contribution in [1.82, 2.24) is 5.32 Å². The topological polar surface area (TPSA) is 64.6 Å². The van der Waals surface area contributed by atoms with Gasteiger partial charge in [-0.25, -0.2) is 0 Å². The number of methoxy groups -OCH3 is 2. The molecule has 0 aromatic heterocycles. The summed E-state index contributed by atoms with van der Waals surface area (Å²) >= 11 is 0. The molecule has 0 bridgehead atoms. The molecule has 5 nitrogen and oxygen atoms in total. The fourth-order valence-electron chi connectivity index (χ4n) is 1.83. The molecule has 0 unspecified atom stereocenters. The molecule has 110 valence electrons. The Hall–Kier alpha value is -2.04. The number of nitrogens with one attached hydrogen (secondary N) is 1. The maximum absolute atomic E-state index is 12.0. The van der Waals surface area contributed by atoms with E-state index in [0.29, 0.717) is 30.0 Å². The second kappa shape index (κ2) is 8.19. The minimum absolute atomic E-state index is 0.0452. The van der Waals surface area contributed by atoms with E-state index >= 15 is 0 Å². The third-order valence-electron chi connectivity index (χ3n) is 2.91. The second-order valence-electron chi connectivity index (χ2n) is 4.43. The first kappa shape index (κ1) is 16.0. The fourth-order valence-corrected chi connectivity index (χ4v) is 1.83. The van der Waals surface area contributed by atoms with E-state index in [4.69, 9.17) is 9.47 Å². The van der Waals surface area contributed by atoms with Crippen molar-refractivity contribution in [2.45, 2.75) is 26.2 Å². The van der Waals surface area contributed by atoms with Crippen molar-refractivity contribution in [3.8, 4) is 11.5 Å². The first-order valence-electron chi connectivity index (χ1n) is 6.58. The highest BCUT2D eigenvalue weighted by atomic mass is 16.5. The molecule has 0 atom stereocenters. The first-order valence-corrected chi connectivity index (χ1v) is 6.58. The van der Waals surface area contributed by atoms with Crippen LogP contribution in [0.2, 0.25) is 0 Å². The molecule has 0 saturated heterocycles. The molecular weight excluding hydrogens is 258 g/mol. The average molecular weight is 279 g/mol. The molecule has 1 aromatic carbocycles. The van der Waals surface area contributed by atoms with Crippen molar-refractivity contribution in [3.05, 3.63) is 23.8 Å². The van der Waals surface area contributed by atoms with Gasteiger partial charge >= 0.3 is 0 Å². The molecule has 0 spiro atoms. The number of carbonyl (C=O) groups excluding carboxylic acids is 2. The molecule has 0 aliphatic heterocycles. The molecule has 0 aliphatic carbocycles. The van der Waals surface area contributed by atoms with Crippen LogP contribution in [0.15, 0.2) is 18.2 Å². The van der Waals surface area contributed by atoms with Crippen LogP contribution in [0, 0.1) is 0 Å². The van der Waals surface area contributed by atoms with Gasteiger partial charge in [0.15, 0.2) is 17.3 Å². The lowest BCUT2D eigenvalue weighted by molar-refractivity contribution is -0.118. The number of carbonyl (C=O) groups is 2. The maximum Gasteiger partial charge on any atom is 0.216 e. The number of rotatable bonds is 8. The van der Waals surface area contributed by atoms with E-state index in [9.17, 15) is 9.59 Å². The minimum atomic E-state index is -0.0452. The van der Waals surface area contributed by atoms with Crippen molar-refractivity contribution in [2.75, 3.05) is 20.8 Å². The largest absolute Gasteiger partial charge is 0.493 e. The highest BCUT2D eigenvalue weighted by Crippen LogP contribution is 2.28. The smallest absolute Gasteiger partial charge is 0.216 e. The van der Waals surface area contributed by atoms with Crippen molar-refractivity contribution >= 4 is 11.7 Å².